The quantitative estimate of drug-likeness (QED) is 0.658. The second-order valence-electron chi connectivity index (χ2n) is 7.67. The number of carbonyl (C=O) groups is 2. The van der Waals surface area contributed by atoms with Crippen LogP contribution in [0.4, 0.5) is 0 Å². The zero-order valence-corrected chi connectivity index (χ0v) is 17.4. The van der Waals surface area contributed by atoms with Gasteiger partial charge in [-0.2, -0.15) is 0 Å². The Bertz CT molecular complexity index is 1090. The van der Waals surface area contributed by atoms with Crippen molar-refractivity contribution in [2.45, 2.75) is 45.6 Å². The van der Waals surface area contributed by atoms with Crippen molar-refractivity contribution in [3.8, 4) is 0 Å². The van der Waals surface area contributed by atoms with Crippen LogP contribution in [0.3, 0.4) is 0 Å². The number of aryl methyl sites for hydroxylation is 3. The van der Waals surface area contributed by atoms with Crippen LogP contribution >= 0.6 is 0 Å². The molecule has 30 heavy (non-hydrogen) atoms. The highest BCUT2D eigenvalue weighted by molar-refractivity contribution is 6.04. The maximum absolute atomic E-state index is 12.9. The van der Waals surface area contributed by atoms with E-state index in [1.165, 1.54) is 13.5 Å². The summed E-state index contributed by atoms with van der Waals surface area (Å²) in [6.07, 6.45) is 5.03. The number of pyridine rings is 1. The molecule has 3 aromatic rings. The Kier molecular flexibility index (Phi) is 5.79. The number of aromatic nitrogens is 3. The first-order valence-corrected chi connectivity index (χ1v) is 10.4. The summed E-state index contributed by atoms with van der Waals surface area (Å²) < 4.78 is 6.89. The topological polar surface area (TPSA) is 86.1 Å². The molecule has 156 valence electrons. The third-order valence-corrected chi connectivity index (χ3v) is 5.51. The molecule has 0 bridgehead atoms. The Hall–Kier alpha value is -3.22. The second-order valence-corrected chi connectivity index (χ2v) is 7.67. The van der Waals surface area contributed by atoms with Crippen molar-refractivity contribution in [2.24, 2.45) is 0 Å². The van der Waals surface area contributed by atoms with Gasteiger partial charge in [-0.25, -0.2) is 14.8 Å². The van der Waals surface area contributed by atoms with Crippen molar-refractivity contribution >= 4 is 23.0 Å². The highest BCUT2D eigenvalue weighted by Crippen LogP contribution is 2.24. The van der Waals surface area contributed by atoms with Crippen molar-refractivity contribution in [1.29, 1.82) is 0 Å². The SMILES string of the molecule is COC(=O)c1ccc(CCNC(=O)c2cc(C)nc3c2nc2n3CCCCC2)cc1. The van der Waals surface area contributed by atoms with Gasteiger partial charge in [-0.15, -0.1) is 0 Å². The fourth-order valence-electron chi connectivity index (χ4n) is 3.93. The molecule has 0 spiro atoms. The summed E-state index contributed by atoms with van der Waals surface area (Å²) >= 11 is 0. The molecule has 3 heterocycles. The molecule has 2 aromatic heterocycles. The zero-order valence-electron chi connectivity index (χ0n) is 17.4. The maximum Gasteiger partial charge on any atom is 0.337 e. The van der Waals surface area contributed by atoms with Gasteiger partial charge in [-0.3, -0.25) is 4.79 Å². The molecule has 1 aromatic carbocycles. The minimum absolute atomic E-state index is 0.134. The van der Waals surface area contributed by atoms with Crippen LogP contribution < -0.4 is 5.32 Å². The van der Waals surface area contributed by atoms with Gasteiger partial charge in [0.1, 0.15) is 11.3 Å². The van der Waals surface area contributed by atoms with Gasteiger partial charge in [-0.05, 0) is 49.9 Å². The van der Waals surface area contributed by atoms with Gasteiger partial charge < -0.3 is 14.6 Å². The van der Waals surface area contributed by atoms with Crippen molar-refractivity contribution in [3.05, 3.63) is 58.5 Å². The predicted molar refractivity (Wildman–Crippen MR) is 114 cm³/mol. The Labute approximate surface area is 175 Å². The molecule has 0 unspecified atom stereocenters. The van der Waals surface area contributed by atoms with Gasteiger partial charge in [-0.1, -0.05) is 18.6 Å². The minimum Gasteiger partial charge on any atom is -0.465 e. The second kappa shape index (κ2) is 8.65. The number of hydrogen-bond donors (Lipinski definition) is 1. The Morgan fingerprint density at radius 1 is 1.13 bits per heavy atom. The highest BCUT2D eigenvalue weighted by Gasteiger charge is 2.20. The molecule has 0 saturated heterocycles. The van der Waals surface area contributed by atoms with Crippen LogP contribution in [0.15, 0.2) is 30.3 Å². The summed E-state index contributed by atoms with van der Waals surface area (Å²) in [4.78, 5) is 33.9. The molecular formula is C23H26N4O3. The van der Waals surface area contributed by atoms with E-state index in [-0.39, 0.29) is 11.9 Å². The highest BCUT2D eigenvalue weighted by atomic mass is 16.5. The van der Waals surface area contributed by atoms with Gasteiger partial charge in [0.25, 0.3) is 5.91 Å². The van der Waals surface area contributed by atoms with Gasteiger partial charge in [0.05, 0.1) is 18.2 Å². The van der Waals surface area contributed by atoms with E-state index in [0.717, 1.165) is 48.5 Å². The first-order chi connectivity index (χ1) is 14.6. The van der Waals surface area contributed by atoms with Gasteiger partial charge in [0.15, 0.2) is 5.65 Å². The largest absolute Gasteiger partial charge is 0.465 e. The van der Waals surface area contributed by atoms with Crippen molar-refractivity contribution < 1.29 is 14.3 Å². The van der Waals surface area contributed by atoms with E-state index >= 15 is 0 Å². The molecule has 0 fully saturated rings. The number of rotatable bonds is 5. The predicted octanol–water partition coefficient (Wildman–Crippen LogP) is 3.23. The van der Waals surface area contributed by atoms with E-state index in [4.69, 9.17) is 9.72 Å². The fourth-order valence-corrected chi connectivity index (χ4v) is 3.93. The standard InChI is InChI=1S/C23H26N4O3/c1-15-14-18(20-21(25-15)27-13-5-3-4-6-19(27)26-20)22(28)24-12-11-16-7-9-17(10-8-16)23(29)30-2/h7-10,14H,3-6,11-13H2,1-2H3,(H,24,28). The van der Waals surface area contributed by atoms with Crippen molar-refractivity contribution in [2.75, 3.05) is 13.7 Å². The summed E-state index contributed by atoms with van der Waals surface area (Å²) in [7, 11) is 1.36. The van der Waals surface area contributed by atoms with E-state index in [2.05, 4.69) is 14.9 Å². The number of ether oxygens (including phenoxy) is 1. The summed E-state index contributed by atoms with van der Waals surface area (Å²) in [5, 5.41) is 3.00. The Balaban J connectivity index is 1.47. The molecule has 0 radical (unpaired) electrons. The van der Waals surface area contributed by atoms with Crippen LogP contribution in [-0.2, 0) is 24.1 Å². The normalized spacial score (nSPS) is 13.5. The third kappa shape index (κ3) is 4.06. The minimum atomic E-state index is -0.356. The molecule has 0 aliphatic carbocycles. The smallest absolute Gasteiger partial charge is 0.337 e. The Morgan fingerprint density at radius 2 is 1.93 bits per heavy atom. The van der Waals surface area contributed by atoms with Crippen LogP contribution in [0.5, 0.6) is 0 Å². The van der Waals surface area contributed by atoms with E-state index in [1.807, 2.05) is 25.1 Å². The van der Waals surface area contributed by atoms with Crippen LogP contribution in [-0.4, -0.2) is 40.1 Å². The zero-order chi connectivity index (χ0) is 21.1. The summed E-state index contributed by atoms with van der Waals surface area (Å²) in [5.74, 6) is 0.538. The molecule has 0 atom stereocenters. The van der Waals surface area contributed by atoms with Crippen LogP contribution in [0.25, 0.3) is 11.2 Å². The van der Waals surface area contributed by atoms with Gasteiger partial charge >= 0.3 is 5.97 Å². The molecule has 7 heteroatoms. The Morgan fingerprint density at radius 3 is 2.70 bits per heavy atom. The lowest BCUT2D eigenvalue weighted by Crippen LogP contribution is -2.26. The number of fused-ring (bicyclic) bond motifs is 3. The maximum atomic E-state index is 12.9. The van der Waals surface area contributed by atoms with E-state index < -0.39 is 0 Å². The summed E-state index contributed by atoms with van der Waals surface area (Å²) in [5.41, 5.74) is 4.46. The lowest BCUT2D eigenvalue weighted by molar-refractivity contribution is 0.0600. The fraction of sp³-hybridized carbons (Fsp3) is 0.391. The average Bonchev–Trinajstić information content (AvgIpc) is 2.93. The summed E-state index contributed by atoms with van der Waals surface area (Å²) in [6.45, 7) is 3.31. The number of benzene rings is 1. The molecule has 1 amide bonds. The van der Waals surface area contributed by atoms with E-state index in [0.29, 0.717) is 29.6 Å². The molecule has 1 N–H and O–H groups in total. The number of esters is 1. The first kappa shape index (κ1) is 20.1. The van der Waals surface area contributed by atoms with Gasteiger partial charge in [0, 0.05) is 25.2 Å². The van der Waals surface area contributed by atoms with Crippen molar-refractivity contribution in [3.63, 3.8) is 0 Å². The number of amides is 1. The number of nitrogens with one attached hydrogen (secondary N) is 1. The molecule has 1 aliphatic rings. The summed E-state index contributed by atoms with van der Waals surface area (Å²) in [6, 6.07) is 9.03. The molecule has 1 aliphatic heterocycles. The van der Waals surface area contributed by atoms with Crippen molar-refractivity contribution in [1.82, 2.24) is 19.9 Å². The molecule has 0 saturated carbocycles. The molecular weight excluding hydrogens is 380 g/mol. The molecule has 4 rings (SSSR count). The first-order valence-electron chi connectivity index (χ1n) is 10.4. The number of methoxy groups -OCH3 is 1. The molecule has 7 nitrogen and oxygen atoms in total. The number of carbonyl (C=O) groups excluding carboxylic acids is 2. The van der Waals surface area contributed by atoms with Crippen LogP contribution in [0.1, 0.15) is 57.1 Å². The average molecular weight is 406 g/mol. The lowest BCUT2D eigenvalue weighted by atomic mass is 10.1. The van der Waals surface area contributed by atoms with Crippen LogP contribution in [0, 0.1) is 6.92 Å². The van der Waals surface area contributed by atoms with Crippen LogP contribution in [0.2, 0.25) is 0 Å². The lowest BCUT2D eigenvalue weighted by Gasteiger charge is -2.08. The van der Waals surface area contributed by atoms with Gasteiger partial charge in [0.2, 0.25) is 0 Å². The van der Waals surface area contributed by atoms with E-state index in [1.54, 1.807) is 12.1 Å². The van der Waals surface area contributed by atoms with E-state index in [9.17, 15) is 9.59 Å². The number of hydrogen-bond acceptors (Lipinski definition) is 5. The number of imidazole rings is 1. The third-order valence-electron chi connectivity index (χ3n) is 5.51. The monoisotopic (exact) mass is 406 g/mol. The number of nitrogens with zero attached hydrogens (tertiary/aromatic N) is 3.